The van der Waals surface area contributed by atoms with Crippen LogP contribution in [-0.4, -0.2) is 0 Å². The van der Waals surface area contributed by atoms with Gasteiger partial charge in [0, 0.05) is 0 Å². The fraction of sp³-hybridized carbons (Fsp3) is 0.476. The number of benzene rings is 1. The zero-order valence-corrected chi connectivity index (χ0v) is 14.4. The topological polar surface area (TPSA) is 23.8 Å². The second-order valence-corrected chi connectivity index (χ2v) is 6.81. The summed E-state index contributed by atoms with van der Waals surface area (Å²) >= 11 is 0. The molecule has 1 aliphatic carbocycles. The van der Waals surface area contributed by atoms with Crippen LogP contribution in [0.15, 0.2) is 42.3 Å². The van der Waals surface area contributed by atoms with Gasteiger partial charge in [0.1, 0.15) is 6.07 Å². The summed E-state index contributed by atoms with van der Waals surface area (Å²) < 4.78 is 38.7. The van der Waals surface area contributed by atoms with Gasteiger partial charge in [-0.3, -0.25) is 0 Å². The highest BCUT2D eigenvalue weighted by molar-refractivity contribution is 5.19. The summed E-state index contributed by atoms with van der Waals surface area (Å²) in [7, 11) is 0. The third kappa shape index (κ3) is 6.78. The third-order valence-electron chi connectivity index (χ3n) is 5.02. The molecule has 0 unspecified atom stereocenters. The number of halogens is 3. The minimum atomic E-state index is -0.788. The normalized spacial score (nSPS) is 21.4. The molecule has 0 bridgehead atoms. The van der Waals surface area contributed by atoms with E-state index in [0.29, 0.717) is 11.8 Å². The van der Waals surface area contributed by atoms with Crippen molar-refractivity contribution in [1.82, 2.24) is 0 Å². The van der Waals surface area contributed by atoms with Crippen molar-refractivity contribution >= 4 is 0 Å². The number of nitriles is 1. The van der Waals surface area contributed by atoms with Crippen LogP contribution in [0.4, 0.5) is 13.2 Å². The maximum Gasteiger partial charge on any atom is 0.199 e. The van der Waals surface area contributed by atoms with Crippen molar-refractivity contribution in [1.29, 1.82) is 5.26 Å². The highest BCUT2D eigenvalue weighted by Gasteiger charge is 2.20. The van der Waals surface area contributed by atoms with E-state index in [9.17, 15) is 13.2 Å². The van der Waals surface area contributed by atoms with Crippen molar-refractivity contribution in [3.8, 4) is 6.07 Å². The molecule has 0 heterocycles. The SMILES string of the molecule is N#C/C(F)=C/C=C/CCC1CCC(CCc2ccc(F)c(F)c2)CC1. The standard InChI is InChI=1S/C21H24F3N/c22-19(15-25)5-3-1-2-4-16-6-8-17(9-7-16)10-11-18-12-13-20(23)21(24)14-18/h1,3,5,12-14,16-17H,2,4,6-11H2/b3-1+,19-5-. The van der Waals surface area contributed by atoms with E-state index in [1.807, 2.05) is 6.08 Å². The zero-order valence-electron chi connectivity index (χ0n) is 14.4. The molecule has 1 saturated carbocycles. The van der Waals surface area contributed by atoms with Crippen molar-refractivity contribution in [3.05, 3.63) is 59.5 Å². The molecule has 0 saturated heterocycles. The lowest BCUT2D eigenvalue weighted by Gasteiger charge is -2.28. The first kappa shape index (κ1) is 19.3. The predicted octanol–water partition coefficient (Wildman–Crippen LogP) is 6.42. The number of allylic oxidation sites excluding steroid dienone is 4. The van der Waals surface area contributed by atoms with Crippen LogP contribution < -0.4 is 0 Å². The van der Waals surface area contributed by atoms with Gasteiger partial charge in [-0.2, -0.15) is 9.65 Å². The quantitative estimate of drug-likeness (QED) is 0.412. The van der Waals surface area contributed by atoms with E-state index in [0.717, 1.165) is 31.2 Å². The smallest absolute Gasteiger partial charge is 0.199 e. The van der Waals surface area contributed by atoms with E-state index >= 15 is 0 Å². The molecule has 0 aromatic heterocycles. The second-order valence-electron chi connectivity index (χ2n) is 6.81. The third-order valence-corrected chi connectivity index (χ3v) is 5.02. The number of aryl methyl sites for hydroxylation is 1. The molecule has 4 heteroatoms. The number of rotatable bonds is 7. The van der Waals surface area contributed by atoms with E-state index in [1.54, 1.807) is 12.1 Å². The Balaban J connectivity index is 1.64. The Kier molecular flexibility index (Phi) is 7.78. The van der Waals surface area contributed by atoms with Crippen LogP contribution in [0, 0.1) is 34.8 Å². The van der Waals surface area contributed by atoms with E-state index in [2.05, 4.69) is 0 Å². The van der Waals surface area contributed by atoms with Crippen LogP contribution in [0.3, 0.4) is 0 Å². The first-order chi connectivity index (χ1) is 12.1. The summed E-state index contributed by atoms with van der Waals surface area (Å²) in [6, 6.07) is 5.61. The molecule has 0 radical (unpaired) electrons. The predicted molar refractivity (Wildman–Crippen MR) is 93.3 cm³/mol. The minimum Gasteiger partial charge on any atom is -0.204 e. The van der Waals surface area contributed by atoms with Crippen molar-refractivity contribution in [2.24, 2.45) is 11.8 Å². The molecule has 0 spiro atoms. The van der Waals surface area contributed by atoms with Crippen LogP contribution in [0.1, 0.15) is 50.5 Å². The van der Waals surface area contributed by atoms with Gasteiger partial charge in [0.15, 0.2) is 17.5 Å². The summed E-state index contributed by atoms with van der Waals surface area (Å²) in [6.07, 6.45) is 13.3. The molecule has 1 aromatic rings. The largest absolute Gasteiger partial charge is 0.204 e. The molecule has 1 fully saturated rings. The maximum atomic E-state index is 13.2. The van der Waals surface area contributed by atoms with Crippen LogP contribution in [0.2, 0.25) is 0 Å². The molecule has 0 N–H and O–H groups in total. The highest BCUT2D eigenvalue weighted by Crippen LogP contribution is 2.34. The minimum absolute atomic E-state index is 0.660. The molecule has 2 rings (SSSR count). The molecule has 0 atom stereocenters. The van der Waals surface area contributed by atoms with Gasteiger partial charge in [0.25, 0.3) is 0 Å². The highest BCUT2D eigenvalue weighted by atomic mass is 19.2. The summed E-state index contributed by atoms with van der Waals surface area (Å²) in [5.41, 5.74) is 0.865. The Labute approximate surface area is 147 Å². The van der Waals surface area contributed by atoms with E-state index in [1.165, 1.54) is 50.0 Å². The van der Waals surface area contributed by atoms with Gasteiger partial charge in [-0.05, 0) is 61.3 Å². The zero-order chi connectivity index (χ0) is 18.1. The molecular formula is C21H24F3N. The van der Waals surface area contributed by atoms with Crippen LogP contribution >= 0.6 is 0 Å². The lowest BCUT2D eigenvalue weighted by molar-refractivity contribution is 0.254. The monoisotopic (exact) mass is 347 g/mol. The molecule has 1 aromatic carbocycles. The van der Waals surface area contributed by atoms with Gasteiger partial charge >= 0.3 is 0 Å². The second kappa shape index (κ2) is 10.1. The van der Waals surface area contributed by atoms with Gasteiger partial charge in [0.2, 0.25) is 0 Å². The van der Waals surface area contributed by atoms with Gasteiger partial charge in [-0.15, -0.1) is 0 Å². The number of nitrogens with zero attached hydrogens (tertiary/aromatic N) is 1. The van der Waals surface area contributed by atoms with E-state index in [-0.39, 0.29) is 0 Å². The first-order valence-corrected chi connectivity index (χ1v) is 8.95. The lowest BCUT2D eigenvalue weighted by Crippen LogP contribution is -2.15. The summed E-state index contributed by atoms with van der Waals surface area (Å²) in [6.45, 7) is 0. The Bertz CT molecular complexity index is 650. The fourth-order valence-electron chi connectivity index (χ4n) is 3.49. The van der Waals surface area contributed by atoms with Crippen molar-refractivity contribution < 1.29 is 13.2 Å². The van der Waals surface area contributed by atoms with Crippen LogP contribution in [0.25, 0.3) is 0 Å². The Hall–Kier alpha value is -2.02. The average Bonchev–Trinajstić information content (AvgIpc) is 2.63. The summed E-state index contributed by atoms with van der Waals surface area (Å²) in [5.74, 6) is -0.956. The molecule has 25 heavy (non-hydrogen) atoms. The van der Waals surface area contributed by atoms with Crippen molar-refractivity contribution in [2.45, 2.75) is 51.4 Å². The van der Waals surface area contributed by atoms with E-state index in [4.69, 9.17) is 5.26 Å². The molecular weight excluding hydrogens is 323 g/mol. The molecule has 0 amide bonds. The Morgan fingerprint density at radius 2 is 1.76 bits per heavy atom. The molecule has 1 aliphatic rings. The Morgan fingerprint density at radius 3 is 2.40 bits per heavy atom. The fourth-order valence-corrected chi connectivity index (χ4v) is 3.49. The summed E-state index contributed by atoms with van der Waals surface area (Å²) in [5, 5.41) is 8.30. The van der Waals surface area contributed by atoms with Gasteiger partial charge < -0.3 is 0 Å². The van der Waals surface area contributed by atoms with Crippen LogP contribution in [0.5, 0.6) is 0 Å². The van der Waals surface area contributed by atoms with Gasteiger partial charge in [0.05, 0.1) is 0 Å². The number of hydrogen-bond donors (Lipinski definition) is 0. The van der Waals surface area contributed by atoms with E-state index < -0.39 is 17.5 Å². The molecule has 1 nitrogen and oxygen atoms in total. The molecule has 0 aliphatic heterocycles. The lowest BCUT2D eigenvalue weighted by atomic mass is 9.78. The van der Waals surface area contributed by atoms with Crippen molar-refractivity contribution in [2.75, 3.05) is 0 Å². The number of hydrogen-bond acceptors (Lipinski definition) is 1. The molecule has 134 valence electrons. The van der Waals surface area contributed by atoms with Crippen molar-refractivity contribution in [3.63, 3.8) is 0 Å². The van der Waals surface area contributed by atoms with Gasteiger partial charge in [-0.1, -0.05) is 43.9 Å². The summed E-state index contributed by atoms with van der Waals surface area (Å²) in [4.78, 5) is 0. The maximum absolute atomic E-state index is 13.2. The Morgan fingerprint density at radius 1 is 1.08 bits per heavy atom. The first-order valence-electron chi connectivity index (χ1n) is 8.95. The van der Waals surface area contributed by atoms with Gasteiger partial charge in [-0.25, -0.2) is 8.78 Å². The van der Waals surface area contributed by atoms with Crippen LogP contribution in [-0.2, 0) is 6.42 Å². The average molecular weight is 347 g/mol.